The number of alkyl halides is 3. The minimum atomic E-state index is -4.41. The molecule has 0 saturated carbocycles. The Balaban J connectivity index is 2.82. The molecule has 0 radical (unpaired) electrons. The van der Waals surface area contributed by atoms with Crippen molar-refractivity contribution in [1.82, 2.24) is 4.90 Å². The molecule has 1 amide bonds. The highest BCUT2D eigenvalue weighted by molar-refractivity contribution is 7.14. The van der Waals surface area contributed by atoms with E-state index in [4.69, 9.17) is 5.11 Å². The maximum atomic E-state index is 12.5. The molecular formula is C14H16F3NO2S. The molecule has 0 atom stereocenters. The fourth-order valence-electron chi connectivity index (χ4n) is 1.62. The maximum absolute atomic E-state index is 12.5. The Bertz CT molecular complexity index is 528. The number of amides is 1. The second kappa shape index (κ2) is 8.05. The van der Waals surface area contributed by atoms with Gasteiger partial charge in [0, 0.05) is 13.0 Å². The molecule has 0 aromatic carbocycles. The topological polar surface area (TPSA) is 40.5 Å². The van der Waals surface area contributed by atoms with Crippen LogP contribution < -0.4 is 0 Å². The van der Waals surface area contributed by atoms with E-state index in [1.165, 1.54) is 6.07 Å². The lowest BCUT2D eigenvalue weighted by molar-refractivity contribution is -0.140. The van der Waals surface area contributed by atoms with E-state index in [-0.39, 0.29) is 18.0 Å². The van der Waals surface area contributed by atoms with Gasteiger partial charge in [0.05, 0.1) is 16.4 Å². The van der Waals surface area contributed by atoms with E-state index in [1.54, 1.807) is 13.0 Å². The van der Waals surface area contributed by atoms with Crippen LogP contribution in [0.15, 0.2) is 12.1 Å². The lowest BCUT2D eigenvalue weighted by Crippen LogP contribution is -2.39. The van der Waals surface area contributed by atoms with Crippen molar-refractivity contribution in [3.8, 4) is 11.8 Å². The molecule has 1 heterocycles. The number of aliphatic hydroxyl groups is 1. The molecule has 116 valence electrons. The highest BCUT2D eigenvalue weighted by Crippen LogP contribution is 2.22. The Morgan fingerprint density at radius 1 is 1.43 bits per heavy atom. The van der Waals surface area contributed by atoms with Crippen LogP contribution in [0, 0.1) is 11.8 Å². The van der Waals surface area contributed by atoms with Crippen molar-refractivity contribution < 1.29 is 23.1 Å². The molecule has 0 bridgehead atoms. The second-order valence-corrected chi connectivity index (χ2v) is 5.36. The van der Waals surface area contributed by atoms with Crippen LogP contribution in [0.5, 0.6) is 0 Å². The monoisotopic (exact) mass is 319 g/mol. The fourth-order valence-corrected chi connectivity index (χ4v) is 2.47. The van der Waals surface area contributed by atoms with Crippen molar-refractivity contribution in [2.45, 2.75) is 25.9 Å². The number of carbonyl (C=O) groups excluding carboxylic acids is 1. The van der Waals surface area contributed by atoms with E-state index in [0.29, 0.717) is 17.7 Å². The summed E-state index contributed by atoms with van der Waals surface area (Å²) in [6.07, 6.45) is -3.64. The van der Waals surface area contributed by atoms with E-state index < -0.39 is 18.6 Å². The molecule has 1 aromatic heterocycles. The van der Waals surface area contributed by atoms with Crippen LogP contribution in [0.1, 0.15) is 34.3 Å². The molecule has 0 aliphatic heterocycles. The third kappa shape index (κ3) is 6.19. The van der Waals surface area contributed by atoms with Gasteiger partial charge in [0.1, 0.15) is 6.54 Å². The fraction of sp³-hybridized carbons (Fsp3) is 0.500. The van der Waals surface area contributed by atoms with E-state index in [1.807, 2.05) is 0 Å². The van der Waals surface area contributed by atoms with Gasteiger partial charge in [-0.2, -0.15) is 13.2 Å². The summed E-state index contributed by atoms with van der Waals surface area (Å²) >= 11 is 1.06. The van der Waals surface area contributed by atoms with Crippen molar-refractivity contribution >= 4 is 17.2 Å². The third-order valence-electron chi connectivity index (χ3n) is 2.42. The predicted octanol–water partition coefficient (Wildman–Crippen LogP) is 2.90. The highest BCUT2D eigenvalue weighted by Gasteiger charge is 2.33. The van der Waals surface area contributed by atoms with E-state index in [2.05, 4.69) is 11.8 Å². The lowest BCUT2D eigenvalue weighted by atomic mass is 10.3. The average molecular weight is 319 g/mol. The number of thiophene rings is 1. The van der Waals surface area contributed by atoms with Gasteiger partial charge in [-0.25, -0.2) is 0 Å². The van der Waals surface area contributed by atoms with Gasteiger partial charge in [-0.1, -0.05) is 18.8 Å². The van der Waals surface area contributed by atoms with Gasteiger partial charge in [-0.15, -0.1) is 11.3 Å². The molecule has 0 spiro atoms. The molecule has 1 rings (SSSR count). The zero-order chi connectivity index (χ0) is 15.9. The maximum Gasteiger partial charge on any atom is 0.406 e. The summed E-state index contributed by atoms with van der Waals surface area (Å²) in [5.41, 5.74) is 0. The van der Waals surface area contributed by atoms with Crippen LogP contribution in [0.25, 0.3) is 0 Å². The van der Waals surface area contributed by atoms with Gasteiger partial charge >= 0.3 is 6.18 Å². The summed E-state index contributed by atoms with van der Waals surface area (Å²) in [7, 11) is 0. The number of hydrogen-bond acceptors (Lipinski definition) is 3. The number of hydrogen-bond donors (Lipinski definition) is 1. The van der Waals surface area contributed by atoms with E-state index >= 15 is 0 Å². The number of rotatable bonds is 5. The summed E-state index contributed by atoms with van der Waals surface area (Å²) in [6.45, 7) is 0.474. The molecule has 1 aromatic rings. The van der Waals surface area contributed by atoms with Gasteiger partial charge < -0.3 is 10.0 Å². The first-order valence-corrected chi connectivity index (χ1v) is 7.24. The van der Waals surface area contributed by atoms with E-state index in [0.717, 1.165) is 16.2 Å². The van der Waals surface area contributed by atoms with Crippen LogP contribution in [-0.2, 0) is 0 Å². The summed E-state index contributed by atoms with van der Waals surface area (Å²) in [6, 6.07) is 3.08. The summed E-state index contributed by atoms with van der Waals surface area (Å²) in [5, 5.41) is 8.61. The minimum Gasteiger partial charge on any atom is -0.395 e. The Labute approximate surface area is 125 Å². The van der Waals surface area contributed by atoms with Crippen LogP contribution in [0.2, 0.25) is 0 Å². The first-order valence-electron chi connectivity index (χ1n) is 6.43. The largest absolute Gasteiger partial charge is 0.406 e. The van der Waals surface area contributed by atoms with Crippen molar-refractivity contribution in [3.05, 3.63) is 21.9 Å². The first-order chi connectivity index (χ1) is 9.87. The molecule has 0 aliphatic rings. The Morgan fingerprint density at radius 2 is 2.14 bits per heavy atom. The predicted molar refractivity (Wildman–Crippen MR) is 75.1 cm³/mol. The summed E-state index contributed by atoms with van der Waals surface area (Å²) in [5.74, 6) is 4.83. The molecule has 21 heavy (non-hydrogen) atoms. The Morgan fingerprint density at radius 3 is 2.71 bits per heavy atom. The highest BCUT2D eigenvalue weighted by atomic mass is 32.1. The van der Waals surface area contributed by atoms with Crippen molar-refractivity contribution in [2.24, 2.45) is 0 Å². The summed E-state index contributed by atoms with van der Waals surface area (Å²) in [4.78, 5) is 13.7. The van der Waals surface area contributed by atoms with Gasteiger partial charge in [-0.3, -0.25) is 4.79 Å². The number of nitrogens with zero attached hydrogens (tertiary/aromatic N) is 1. The van der Waals surface area contributed by atoms with Crippen LogP contribution >= 0.6 is 11.3 Å². The lowest BCUT2D eigenvalue weighted by Gasteiger charge is -2.22. The van der Waals surface area contributed by atoms with Crippen molar-refractivity contribution in [2.75, 3.05) is 19.7 Å². The third-order valence-corrected chi connectivity index (χ3v) is 3.40. The van der Waals surface area contributed by atoms with Crippen molar-refractivity contribution in [1.29, 1.82) is 0 Å². The Kier molecular flexibility index (Phi) is 6.72. The zero-order valence-corrected chi connectivity index (χ0v) is 12.4. The zero-order valence-electron chi connectivity index (χ0n) is 11.5. The standard InChI is InChI=1S/C14H16F3NO2S/c1-2-8-18(10-14(15,16)17)13(20)12-7-6-11(21-12)5-3-4-9-19/h6-7,19H,2,4,8-10H2,1H3. The van der Waals surface area contributed by atoms with Crippen molar-refractivity contribution in [3.63, 3.8) is 0 Å². The number of halogens is 3. The average Bonchev–Trinajstić information content (AvgIpc) is 2.85. The molecule has 0 saturated heterocycles. The van der Waals surface area contributed by atoms with Gasteiger partial charge in [0.2, 0.25) is 0 Å². The number of aliphatic hydroxyl groups excluding tert-OH is 1. The molecule has 3 nitrogen and oxygen atoms in total. The molecule has 7 heteroatoms. The molecule has 1 N–H and O–H groups in total. The van der Waals surface area contributed by atoms with E-state index in [9.17, 15) is 18.0 Å². The van der Waals surface area contributed by atoms with Gasteiger partial charge in [0.25, 0.3) is 5.91 Å². The second-order valence-electron chi connectivity index (χ2n) is 4.28. The van der Waals surface area contributed by atoms with Crippen LogP contribution in [0.3, 0.4) is 0 Å². The summed E-state index contributed by atoms with van der Waals surface area (Å²) < 4.78 is 37.4. The van der Waals surface area contributed by atoms with Gasteiger partial charge in [0.15, 0.2) is 0 Å². The first kappa shape index (κ1) is 17.5. The SMILES string of the molecule is CCCN(CC(F)(F)F)C(=O)c1ccc(C#CCCO)s1. The molecule has 0 unspecified atom stereocenters. The minimum absolute atomic E-state index is 0.0555. The van der Waals surface area contributed by atoms with Crippen LogP contribution in [-0.4, -0.2) is 41.8 Å². The van der Waals surface area contributed by atoms with Gasteiger partial charge in [-0.05, 0) is 18.6 Å². The Hall–Kier alpha value is -1.52. The number of carbonyl (C=O) groups is 1. The smallest absolute Gasteiger partial charge is 0.395 e. The quantitative estimate of drug-likeness (QED) is 0.848. The molecule has 0 aliphatic carbocycles. The molecular weight excluding hydrogens is 303 g/mol. The molecule has 0 fully saturated rings. The normalized spacial score (nSPS) is 10.9. The van der Waals surface area contributed by atoms with Crippen LogP contribution in [0.4, 0.5) is 13.2 Å².